The molecule has 0 spiro atoms. The number of carbonyl (C=O) groups excluding carboxylic acids is 1. The van der Waals surface area contributed by atoms with Crippen molar-refractivity contribution in [2.45, 2.75) is 12.1 Å². The van der Waals surface area contributed by atoms with E-state index < -0.39 is 6.10 Å². The summed E-state index contributed by atoms with van der Waals surface area (Å²) in [7, 11) is 0. The molecule has 2 atom stereocenters. The Kier molecular flexibility index (Phi) is 6.94. The van der Waals surface area contributed by atoms with E-state index in [0.29, 0.717) is 55.1 Å². The number of morpholine rings is 1. The van der Waals surface area contributed by atoms with Gasteiger partial charge in [-0.25, -0.2) is 0 Å². The summed E-state index contributed by atoms with van der Waals surface area (Å²) in [6.07, 6.45) is -0.892. The normalized spacial score (nSPS) is 20.7. The first-order valence-electron chi connectivity index (χ1n) is 7.51. The van der Waals surface area contributed by atoms with E-state index in [-0.39, 0.29) is 30.9 Å². The van der Waals surface area contributed by atoms with Gasteiger partial charge in [-0.05, 0) is 17.7 Å². The number of rotatable bonds is 4. The molecule has 1 amide bonds. The second-order valence-corrected chi connectivity index (χ2v) is 5.78. The lowest BCUT2D eigenvalue weighted by atomic mass is 10.1. The number of halogens is 2. The van der Waals surface area contributed by atoms with E-state index in [4.69, 9.17) is 25.8 Å². The van der Waals surface area contributed by atoms with E-state index in [1.807, 2.05) is 0 Å². The summed E-state index contributed by atoms with van der Waals surface area (Å²) >= 11 is 6.15. The average molecular weight is 379 g/mol. The van der Waals surface area contributed by atoms with Crippen LogP contribution in [0.15, 0.2) is 12.1 Å². The van der Waals surface area contributed by atoms with Crippen LogP contribution in [0.1, 0.15) is 11.7 Å². The van der Waals surface area contributed by atoms with Crippen molar-refractivity contribution >= 4 is 29.9 Å². The van der Waals surface area contributed by atoms with Gasteiger partial charge in [0, 0.05) is 13.1 Å². The fourth-order valence-electron chi connectivity index (χ4n) is 2.50. The largest absolute Gasteiger partial charge is 0.486 e. The van der Waals surface area contributed by atoms with Crippen LogP contribution in [0, 0.1) is 0 Å². The molecule has 0 radical (unpaired) electrons. The minimum Gasteiger partial charge on any atom is -0.486 e. The monoisotopic (exact) mass is 378 g/mol. The van der Waals surface area contributed by atoms with Crippen LogP contribution < -0.4 is 20.1 Å². The number of benzene rings is 1. The maximum Gasteiger partial charge on any atom is 0.239 e. The van der Waals surface area contributed by atoms with Crippen molar-refractivity contribution in [2.24, 2.45) is 0 Å². The van der Waals surface area contributed by atoms with Crippen LogP contribution in [0.3, 0.4) is 0 Å². The molecule has 7 nitrogen and oxygen atoms in total. The van der Waals surface area contributed by atoms with E-state index in [0.717, 1.165) is 0 Å². The van der Waals surface area contributed by atoms with Gasteiger partial charge in [0.25, 0.3) is 0 Å². The molecular weight excluding hydrogens is 359 g/mol. The third-order valence-corrected chi connectivity index (χ3v) is 3.99. The number of aliphatic hydroxyl groups is 1. The zero-order valence-corrected chi connectivity index (χ0v) is 14.5. The van der Waals surface area contributed by atoms with Crippen molar-refractivity contribution < 1.29 is 24.1 Å². The van der Waals surface area contributed by atoms with Gasteiger partial charge in [-0.1, -0.05) is 11.6 Å². The van der Waals surface area contributed by atoms with Gasteiger partial charge in [-0.3, -0.25) is 4.79 Å². The molecule has 1 aromatic carbocycles. The summed E-state index contributed by atoms with van der Waals surface area (Å²) in [6, 6.07) is 2.91. The molecule has 2 aliphatic heterocycles. The van der Waals surface area contributed by atoms with Crippen LogP contribution in [-0.4, -0.2) is 56.6 Å². The molecule has 1 fully saturated rings. The molecule has 3 rings (SSSR count). The summed E-state index contributed by atoms with van der Waals surface area (Å²) in [5, 5.41) is 16.4. The highest BCUT2D eigenvalue weighted by atomic mass is 35.5. The van der Waals surface area contributed by atoms with Crippen molar-refractivity contribution in [3.05, 3.63) is 22.7 Å². The highest BCUT2D eigenvalue weighted by molar-refractivity contribution is 6.32. The molecule has 3 N–H and O–H groups in total. The van der Waals surface area contributed by atoms with Gasteiger partial charge in [0.15, 0.2) is 11.5 Å². The van der Waals surface area contributed by atoms with Crippen molar-refractivity contribution in [1.29, 1.82) is 0 Å². The third kappa shape index (κ3) is 4.43. The van der Waals surface area contributed by atoms with Crippen molar-refractivity contribution in [2.75, 3.05) is 39.5 Å². The van der Waals surface area contributed by atoms with Crippen LogP contribution in [0.2, 0.25) is 5.02 Å². The Hall–Kier alpha value is -1.25. The molecule has 134 valence electrons. The Morgan fingerprint density at radius 1 is 1.38 bits per heavy atom. The summed E-state index contributed by atoms with van der Waals surface area (Å²) in [6.45, 7) is 2.53. The Morgan fingerprint density at radius 3 is 2.92 bits per heavy atom. The van der Waals surface area contributed by atoms with E-state index in [9.17, 15) is 9.90 Å². The van der Waals surface area contributed by atoms with E-state index in [2.05, 4.69) is 10.6 Å². The quantitative estimate of drug-likeness (QED) is 0.713. The molecule has 0 aromatic heterocycles. The van der Waals surface area contributed by atoms with Crippen LogP contribution in [0.4, 0.5) is 0 Å². The van der Waals surface area contributed by atoms with Crippen molar-refractivity contribution in [3.8, 4) is 11.5 Å². The molecule has 1 saturated heterocycles. The molecule has 0 saturated carbocycles. The summed E-state index contributed by atoms with van der Waals surface area (Å²) in [4.78, 5) is 12.0. The maximum absolute atomic E-state index is 12.0. The first-order valence-corrected chi connectivity index (χ1v) is 7.89. The second kappa shape index (κ2) is 8.73. The van der Waals surface area contributed by atoms with Gasteiger partial charge in [-0.2, -0.15) is 0 Å². The van der Waals surface area contributed by atoms with Crippen LogP contribution in [0.25, 0.3) is 0 Å². The highest BCUT2D eigenvalue weighted by Gasteiger charge is 2.23. The van der Waals surface area contributed by atoms with Crippen LogP contribution >= 0.6 is 24.0 Å². The van der Waals surface area contributed by atoms with Crippen LogP contribution in [0.5, 0.6) is 11.5 Å². The molecule has 2 unspecified atom stereocenters. The van der Waals surface area contributed by atoms with Gasteiger partial charge >= 0.3 is 0 Å². The fourth-order valence-corrected chi connectivity index (χ4v) is 2.77. The lowest BCUT2D eigenvalue weighted by molar-refractivity contribution is -0.126. The Bertz CT molecular complexity index is 581. The molecule has 2 heterocycles. The first-order chi connectivity index (χ1) is 11.1. The predicted molar refractivity (Wildman–Crippen MR) is 90.3 cm³/mol. The molecule has 2 aliphatic rings. The summed E-state index contributed by atoms with van der Waals surface area (Å²) in [5.74, 6) is 0.792. The minimum atomic E-state index is -0.892. The van der Waals surface area contributed by atoms with Gasteiger partial charge in [0.1, 0.15) is 19.3 Å². The number of hydrogen-bond acceptors (Lipinski definition) is 6. The van der Waals surface area contributed by atoms with Crippen LogP contribution in [-0.2, 0) is 9.53 Å². The predicted octanol–water partition coefficient (Wildman–Crippen LogP) is 0.671. The number of amides is 1. The number of fused-ring (bicyclic) bond motifs is 1. The second-order valence-electron chi connectivity index (χ2n) is 5.37. The summed E-state index contributed by atoms with van der Waals surface area (Å²) in [5.41, 5.74) is 0.562. The van der Waals surface area contributed by atoms with Gasteiger partial charge in [0.2, 0.25) is 5.91 Å². The Morgan fingerprint density at radius 2 is 2.17 bits per heavy atom. The average Bonchev–Trinajstić information content (AvgIpc) is 2.60. The number of nitrogens with one attached hydrogen (secondary N) is 2. The zero-order chi connectivity index (χ0) is 16.2. The first kappa shape index (κ1) is 19.1. The van der Waals surface area contributed by atoms with Crippen molar-refractivity contribution in [1.82, 2.24) is 10.6 Å². The molecule has 9 heteroatoms. The van der Waals surface area contributed by atoms with Gasteiger partial charge < -0.3 is 30.0 Å². The molecule has 0 aliphatic carbocycles. The fraction of sp³-hybridized carbons (Fsp3) is 0.533. The van der Waals surface area contributed by atoms with E-state index >= 15 is 0 Å². The van der Waals surface area contributed by atoms with Gasteiger partial charge in [0.05, 0.1) is 24.3 Å². The Balaban J connectivity index is 0.00000208. The maximum atomic E-state index is 12.0. The number of carbonyl (C=O) groups is 1. The molecule has 1 aromatic rings. The smallest absolute Gasteiger partial charge is 0.239 e. The molecular formula is C15H20Cl2N2O5. The standard InChI is InChI=1S/C15H19ClN2O5.ClH/c16-10-5-9(6-13-14(10)23-4-3-22-13)12(19)7-18-15(20)11-8-21-2-1-17-11;/h5-6,11-12,17,19H,1-4,7-8H2,(H,18,20);1H. The zero-order valence-electron chi connectivity index (χ0n) is 12.9. The minimum absolute atomic E-state index is 0. The summed E-state index contributed by atoms with van der Waals surface area (Å²) < 4.78 is 16.2. The lowest BCUT2D eigenvalue weighted by Gasteiger charge is -2.24. The van der Waals surface area contributed by atoms with E-state index in [1.54, 1.807) is 12.1 Å². The molecule has 24 heavy (non-hydrogen) atoms. The van der Waals surface area contributed by atoms with Crippen molar-refractivity contribution in [3.63, 3.8) is 0 Å². The number of aliphatic hydroxyl groups excluding tert-OH is 1. The highest BCUT2D eigenvalue weighted by Crippen LogP contribution is 2.39. The SMILES string of the molecule is Cl.O=C(NCC(O)c1cc(Cl)c2c(c1)OCCO2)C1COCCN1. The van der Waals surface area contributed by atoms with E-state index in [1.165, 1.54) is 0 Å². The molecule has 0 bridgehead atoms. The van der Waals surface area contributed by atoms with Gasteiger partial charge in [-0.15, -0.1) is 12.4 Å². The topological polar surface area (TPSA) is 89.1 Å². The lowest BCUT2D eigenvalue weighted by Crippen LogP contribution is -2.51. The third-order valence-electron chi connectivity index (χ3n) is 3.71. The number of ether oxygens (including phenoxy) is 3. The Labute approximate surface area is 151 Å². The number of hydrogen-bond donors (Lipinski definition) is 3.